The van der Waals surface area contributed by atoms with Gasteiger partial charge in [0.05, 0.1) is 35.2 Å². The van der Waals surface area contributed by atoms with Crippen molar-refractivity contribution in [2.24, 2.45) is 0 Å². The van der Waals surface area contributed by atoms with E-state index in [4.69, 9.17) is 42.6 Å². The second-order valence-corrected chi connectivity index (χ2v) is 14.6. The van der Waals surface area contributed by atoms with Gasteiger partial charge in [-0.2, -0.15) is 15.2 Å². The Hall–Kier alpha value is -4.17. The number of hydrogen-bond acceptors (Lipinski definition) is 8. The molecule has 1 unspecified atom stereocenters. The van der Waals surface area contributed by atoms with Crippen molar-refractivity contribution in [3.8, 4) is 29.0 Å². The molecular weight excluding hydrogens is 678 g/mol. The van der Waals surface area contributed by atoms with Crippen LogP contribution in [0.5, 0.6) is 11.8 Å². The highest BCUT2D eigenvalue weighted by Crippen LogP contribution is 2.49. The first-order valence-electron chi connectivity index (χ1n) is 17.2. The summed E-state index contributed by atoms with van der Waals surface area (Å²) in [5, 5.41) is 13.2. The van der Waals surface area contributed by atoms with E-state index in [2.05, 4.69) is 22.4 Å². The number of ether oxygens (including phenoxy) is 2. The fourth-order valence-electron chi connectivity index (χ4n) is 8.08. The Bertz CT molecular complexity index is 2050. The van der Waals surface area contributed by atoms with Gasteiger partial charge in [-0.1, -0.05) is 60.1 Å². The summed E-state index contributed by atoms with van der Waals surface area (Å²) in [7, 11) is 0. The standard InChI is InChI=1S/C38H37Cl2FN6O3/c1-2-31(48)47-17-16-45(21-25(47)12-14-42)36-28-18-30(40)33(27-8-3-6-23-7-4-9-29(39)32(23)27)35(50-26-10-11-26)34(28)43-37(44-36)49-22-38-13-5-15-46(38)20-24(41)19-38/h2-4,6-9,18,24-26H,1,5,10-13,15-17,19-22H2/t24-,25+,38?/m1/s1. The summed E-state index contributed by atoms with van der Waals surface area (Å²) in [6.07, 6.45) is 4.60. The smallest absolute Gasteiger partial charge is 0.319 e. The first kappa shape index (κ1) is 33.0. The van der Waals surface area contributed by atoms with E-state index in [0.29, 0.717) is 70.7 Å². The number of nitriles is 1. The Balaban J connectivity index is 1.30. The molecule has 0 radical (unpaired) electrons. The van der Waals surface area contributed by atoms with E-state index < -0.39 is 11.7 Å². The third-order valence-corrected chi connectivity index (χ3v) is 11.2. The number of anilines is 1. The summed E-state index contributed by atoms with van der Waals surface area (Å²) in [6, 6.07) is 15.6. The van der Waals surface area contributed by atoms with Gasteiger partial charge in [-0.05, 0) is 61.4 Å². The number of piperazine rings is 1. The van der Waals surface area contributed by atoms with E-state index in [1.165, 1.54) is 6.08 Å². The lowest BCUT2D eigenvalue weighted by atomic mass is 9.95. The van der Waals surface area contributed by atoms with Crippen LogP contribution in [0.1, 0.15) is 38.5 Å². The molecule has 1 amide bonds. The molecule has 3 atom stereocenters. The topological polar surface area (TPSA) is 94.8 Å². The number of benzene rings is 3. The minimum atomic E-state index is -0.894. The minimum absolute atomic E-state index is 0.00281. The van der Waals surface area contributed by atoms with Gasteiger partial charge in [0, 0.05) is 54.0 Å². The zero-order valence-electron chi connectivity index (χ0n) is 27.6. The molecular formula is C38H37Cl2FN6O3. The van der Waals surface area contributed by atoms with Crippen molar-refractivity contribution in [2.75, 3.05) is 44.2 Å². The van der Waals surface area contributed by atoms with Crippen LogP contribution >= 0.6 is 23.2 Å². The zero-order chi connectivity index (χ0) is 34.6. The molecule has 0 N–H and O–H groups in total. The summed E-state index contributed by atoms with van der Waals surface area (Å²) in [5.74, 6) is 0.876. The molecule has 4 aromatic rings. The lowest BCUT2D eigenvalue weighted by Crippen LogP contribution is -2.55. The second-order valence-electron chi connectivity index (χ2n) is 13.8. The molecule has 3 aliphatic heterocycles. The number of rotatable bonds is 9. The highest BCUT2D eigenvalue weighted by atomic mass is 35.5. The van der Waals surface area contributed by atoms with Crippen molar-refractivity contribution < 1.29 is 18.7 Å². The number of fused-ring (bicyclic) bond motifs is 3. The molecule has 4 aliphatic rings. The molecule has 8 rings (SSSR count). The predicted molar refractivity (Wildman–Crippen MR) is 193 cm³/mol. The monoisotopic (exact) mass is 714 g/mol. The van der Waals surface area contributed by atoms with Gasteiger partial charge in [-0.15, -0.1) is 0 Å². The maximum absolute atomic E-state index is 14.7. The molecule has 3 aromatic carbocycles. The van der Waals surface area contributed by atoms with Gasteiger partial charge in [0.25, 0.3) is 0 Å². The van der Waals surface area contributed by atoms with Crippen molar-refractivity contribution >= 4 is 56.6 Å². The van der Waals surface area contributed by atoms with Crippen LogP contribution in [-0.2, 0) is 4.79 Å². The molecule has 1 aliphatic carbocycles. The molecule has 1 aromatic heterocycles. The molecule has 3 saturated heterocycles. The van der Waals surface area contributed by atoms with Crippen LogP contribution in [0.3, 0.4) is 0 Å². The van der Waals surface area contributed by atoms with Crippen LogP contribution in [0.4, 0.5) is 10.2 Å². The summed E-state index contributed by atoms with van der Waals surface area (Å²) in [4.78, 5) is 28.7. The van der Waals surface area contributed by atoms with Crippen LogP contribution in [0.15, 0.2) is 55.1 Å². The van der Waals surface area contributed by atoms with Crippen molar-refractivity contribution in [3.63, 3.8) is 0 Å². The molecule has 9 nitrogen and oxygen atoms in total. The normalized spacial score (nSPS) is 23.6. The fraction of sp³-hybridized carbons (Fsp3) is 0.421. The average molecular weight is 716 g/mol. The van der Waals surface area contributed by atoms with E-state index in [1.54, 1.807) is 4.90 Å². The van der Waals surface area contributed by atoms with Gasteiger partial charge in [0.15, 0.2) is 5.75 Å². The number of carbonyl (C=O) groups is 1. The SMILES string of the molecule is C=CC(=O)N1CCN(c2nc(OCC34CCCN3C[C@H](F)C4)nc3c(OC4CC4)c(-c4cccc5cccc(Cl)c45)c(Cl)cc23)C[C@@H]1CC#N. The number of halogens is 3. The highest BCUT2D eigenvalue weighted by Gasteiger charge is 2.49. The van der Waals surface area contributed by atoms with Crippen LogP contribution in [0, 0.1) is 11.3 Å². The summed E-state index contributed by atoms with van der Waals surface area (Å²) in [6.45, 7) is 6.36. The van der Waals surface area contributed by atoms with Crippen molar-refractivity contribution in [1.82, 2.24) is 19.8 Å². The van der Waals surface area contributed by atoms with Gasteiger partial charge >= 0.3 is 6.01 Å². The van der Waals surface area contributed by atoms with Gasteiger partial charge in [-0.25, -0.2) is 4.39 Å². The van der Waals surface area contributed by atoms with Crippen LogP contribution in [-0.4, -0.2) is 88.9 Å². The Morgan fingerprint density at radius 3 is 2.72 bits per heavy atom. The quantitative estimate of drug-likeness (QED) is 0.166. The van der Waals surface area contributed by atoms with Crippen molar-refractivity contribution in [3.05, 3.63) is 65.2 Å². The maximum Gasteiger partial charge on any atom is 0.319 e. The largest absolute Gasteiger partial charge is 0.487 e. The zero-order valence-corrected chi connectivity index (χ0v) is 29.1. The second kappa shape index (κ2) is 13.2. The number of carbonyl (C=O) groups excluding carboxylic acids is 1. The molecule has 258 valence electrons. The Kier molecular flexibility index (Phi) is 8.70. The Morgan fingerprint density at radius 2 is 1.94 bits per heavy atom. The number of alkyl halides is 1. The van der Waals surface area contributed by atoms with Crippen molar-refractivity contribution in [1.29, 1.82) is 5.26 Å². The first-order valence-corrected chi connectivity index (χ1v) is 18.0. The lowest BCUT2D eigenvalue weighted by Gasteiger charge is -2.41. The molecule has 0 spiro atoms. The van der Waals surface area contributed by atoms with E-state index in [0.717, 1.165) is 48.6 Å². The fourth-order valence-corrected chi connectivity index (χ4v) is 8.66. The molecule has 0 bridgehead atoms. The number of aromatic nitrogens is 2. The van der Waals surface area contributed by atoms with Crippen LogP contribution in [0.2, 0.25) is 10.0 Å². The Labute approximate surface area is 300 Å². The summed E-state index contributed by atoms with van der Waals surface area (Å²) in [5.41, 5.74) is 1.65. The van der Waals surface area contributed by atoms with Gasteiger partial charge < -0.3 is 19.3 Å². The third kappa shape index (κ3) is 5.89. The van der Waals surface area contributed by atoms with Crippen molar-refractivity contribution in [2.45, 2.75) is 62.4 Å². The summed E-state index contributed by atoms with van der Waals surface area (Å²) < 4.78 is 27.9. The van der Waals surface area contributed by atoms with E-state index >= 15 is 0 Å². The van der Waals surface area contributed by atoms with Crippen LogP contribution < -0.4 is 14.4 Å². The molecule has 1 saturated carbocycles. The highest BCUT2D eigenvalue weighted by molar-refractivity contribution is 6.38. The van der Waals surface area contributed by atoms with E-state index in [1.807, 2.05) is 42.5 Å². The van der Waals surface area contributed by atoms with Gasteiger partial charge in [0.1, 0.15) is 24.1 Å². The number of nitrogens with zero attached hydrogens (tertiary/aromatic N) is 6. The summed E-state index contributed by atoms with van der Waals surface area (Å²) >= 11 is 14.1. The number of hydrogen-bond donors (Lipinski definition) is 0. The molecule has 4 heterocycles. The van der Waals surface area contributed by atoms with Gasteiger partial charge in [-0.3, -0.25) is 9.69 Å². The molecule has 12 heteroatoms. The van der Waals surface area contributed by atoms with E-state index in [-0.39, 0.29) is 37.1 Å². The molecule has 4 fully saturated rings. The number of amides is 1. The lowest BCUT2D eigenvalue weighted by molar-refractivity contribution is -0.128. The minimum Gasteiger partial charge on any atom is -0.487 e. The first-order chi connectivity index (χ1) is 24.3. The predicted octanol–water partition coefficient (Wildman–Crippen LogP) is 7.37. The maximum atomic E-state index is 14.7. The molecule has 50 heavy (non-hydrogen) atoms. The van der Waals surface area contributed by atoms with Gasteiger partial charge in [0.2, 0.25) is 5.91 Å². The van der Waals surface area contributed by atoms with Crippen LogP contribution in [0.25, 0.3) is 32.8 Å². The Morgan fingerprint density at radius 1 is 1.12 bits per heavy atom. The average Bonchev–Trinajstić information content (AvgIpc) is 3.77. The van der Waals surface area contributed by atoms with E-state index in [9.17, 15) is 14.4 Å². The third-order valence-electron chi connectivity index (χ3n) is 10.6.